The summed E-state index contributed by atoms with van der Waals surface area (Å²) in [5, 5.41) is 0. The third-order valence-corrected chi connectivity index (χ3v) is 2.37. The van der Waals surface area contributed by atoms with Crippen LogP contribution in [-0.2, 0) is 19.0 Å². The first-order valence-corrected chi connectivity index (χ1v) is 5.86. The van der Waals surface area contributed by atoms with Crippen LogP contribution in [0.4, 0.5) is 0 Å². The van der Waals surface area contributed by atoms with Crippen molar-refractivity contribution in [1.29, 1.82) is 0 Å². The molecular weight excluding hydrogens is 208 g/mol. The van der Waals surface area contributed by atoms with Gasteiger partial charge in [0.25, 0.3) is 0 Å². The predicted molar refractivity (Wildman–Crippen MR) is 60.2 cm³/mol. The number of rotatable bonds is 7. The zero-order valence-corrected chi connectivity index (χ0v) is 10.0. The molecule has 0 aliphatic carbocycles. The van der Waals surface area contributed by atoms with Gasteiger partial charge in [0.05, 0.1) is 25.4 Å². The number of carbonyl (C=O) groups is 1. The van der Waals surface area contributed by atoms with Crippen LogP contribution >= 0.6 is 0 Å². The van der Waals surface area contributed by atoms with Gasteiger partial charge in [0, 0.05) is 6.61 Å². The second-order valence-electron chi connectivity index (χ2n) is 3.63. The van der Waals surface area contributed by atoms with E-state index < -0.39 is 0 Å². The highest BCUT2D eigenvalue weighted by Crippen LogP contribution is 2.16. The Morgan fingerprint density at radius 1 is 1.56 bits per heavy atom. The molecule has 0 spiro atoms. The second-order valence-corrected chi connectivity index (χ2v) is 3.63. The first-order valence-electron chi connectivity index (χ1n) is 5.86. The molecule has 0 saturated carbocycles. The van der Waals surface area contributed by atoms with Gasteiger partial charge in [-0.05, 0) is 19.4 Å². The number of esters is 1. The molecule has 1 aliphatic heterocycles. The van der Waals surface area contributed by atoms with Crippen LogP contribution in [0, 0.1) is 0 Å². The third kappa shape index (κ3) is 3.94. The second kappa shape index (κ2) is 7.41. The first kappa shape index (κ1) is 13.2. The van der Waals surface area contributed by atoms with Crippen LogP contribution in [0.5, 0.6) is 0 Å². The highest BCUT2D eigenvalue weighted by Gasteiger charge is 2.26. The number of hydrogen-bond acceptors (Lipinski definition) is 4. The molecule has 0 aromatic heterocycles. The lowest BCUT2D eigenvalue weighted by atomic mass is 10.1. The molecule has 1 rings (SSSR count). The third-order valence-electron chi connectivity index (χ3n) is 2.37. The molecule has 1 heterocycles. The minimum atomic E-state index is -0.288. The topological polar surface area (TPSA) is 44.8 Å². The van der Waals surface area contributed by atoms with E-state index in [-0.39, 0.29) is 12.1 Å². The minimum absolute atomic E-state index is 0.254. The summed E-state index contributed by atoms with van der Waals surface area (Å²) < 4.78 is 15.8. The summed E-state index contributed by atoms with van der Waals surface area (Å²) in [5.41, 5.74) is 0.596. The van der Waals surface area contributed by atoms with E-state index in [0.29, 0.717) is 32.0 Å². The van der Waals surface area contributed by atoms with Crippen LogP contribution in [0.3, 0.4) is 0 Å². The summed E-state index contributed by atoms with van der Waals surface area (Å²) in [7, 11) is 0. The van der Waals surface area contributed by atoms with Crippen molar-refractivity contribution in [3.8, 4) is 0 Å². The summed E-state index contributed by atoms with van der Waals surface area (Å²) in [4.78, 5) is 11.5. The Morgan fingerprint density at radius 3 is 3.06 bits per heavy atom. The molecule has 0 bridgehead atoms. The van der Waals surface area contributed by atoms with Crippen molar-refractivity contribution in [3.05, 3.63) is 11.6 Å². The molecule has 0 radical (unpaired) electrons. The maximum Gasteiger partial charge on any atom is 0.336 e. The van der Waals surface area contributed by atoms with E-state index in [4.69, 9.17) is 14.2 Å². The molecule has 1 atom stereocenters. The molecule has 1 unspecified atom stereocenters. The Hall–Kier alpha value is -0.870. The van der Waals surface area contributed by atoms with E-state index in [9.17, 15) is 4.79 Å². The van der Waals surface area contributed by atoms with Gasteiger partial charge in [-0.2, -0.15) is 0 Å². The van der Waals surface area contributed by atoms with Crippen molar-refractivity contribution in [1.82, 2.24) is 0 Å². The van der Waals surface area contributed by atoms with Gasteiger partial charge in [-0.3, -0.25) is 0 Å². The first-order chi connectivity index (χ1) is 7.79. The lowest BCUT2D eigenvalue weighted by Gasteiger charge is -2.13. The lowest BCUT2D eigenvalue weighted by Crippen LogP contribution is -2.24. The van der Waals surface area contributed by atoms with Crippen LogP contribution in [0.1, 0.15) is 26.7 Å². The average Bonchev–Trinajstić information content (AvgIpc) is 2.73. The number of hydrogen-bond donors (Lipinski definition) is 0. The smallest absolute Gasteiger partial charge is 0.336 e. The maximum absolute atomic E-state index is 11.5. The lowest BCUT2D eigenvalue weighted by molar-refractivity contribution is -0.140. The molecule has 4 nitrogen and oxygen atoms in total. The Labute approximate surface area is 96.6 Å². The van der Waals surface area contributed by atoms with Crippen molar-refractivity contribution >= 4 is 5.97 Å². The molecule has 1 aliphatic rings. The zero-order chi connectivity index (χ0) is 11.8. The van der Waals surface area contributed by atoms with Crippen molar-refractivity contribution in [3.63, 3.8) is 0 Å². The summed E-state index contributed by atoms with van der Waals surface area (Å²) in [5.74, 6) is -0.288. The molecule has 0 saturated heterocycles. The molecular formula is C12H20O4. The van der Waals surface area contributed by atoms with Crippen LogP contribution in [0.25, 0.3) is 0 Å². The SMILES string of the molecule is CCCCOCC1OCC=C1C(=O)OCC. The molecule has 16 heavy (non-hydrogen) atoms. The number of carbonyl (C=O) groups excluding carboxylic acids is 1. The standard InChI is InChI=1S/C12H20O4/c1-3-5-7-14-9-11-10(6-8-16-11)12(13)15-4-2/h6,11H,3-5,7-9H2,1-2H3. The normalized spacial score (nSPS) is 19.6. The van der Waals surface area contributed by atoms with Gasteiger partial charge < -0.3 is 14.2 Å². The van der Waals surface area contributed by atoms with E-state index in [2.05, 4.69) is 6.92 Å². The minimum Gasteiger partial charge on any atom is -0.463 e. The van der Waals surface area contributed by atoms with E-state index in [1.165, 1.54) is 0 Å². The molecule has 92 valence electrons. The Balaban J connectivity index is 2.31. The molecule has 0 N–H and O–H groups in total. The molecule has 0 fully saturated rings. The number of unbranched alkanes of at least 4 members (excludes halogenated alkanes) is 1. The fourth-order valence-electron chi connectivity index (χ4n) is 1.48. The van der Waals surface area contributed by atoms with Gasteiger partial charge in [-0.1, -0.05) is 13.3 Å². The van der Waals surface area contributed by atoms with Crippen molar-refractivity contribution in [2.75, 3.05) is 26.4 Å². The van der Waals surface area contributed by atoms with Gasteiger partial charge in [0.15, 0.2) is 0 Å². The van der Waals surface area contributed by atoms with Gasteiger partial charge in [0.1, 0.15) is 6.10 Å². The summed E-state index contributed by atoms with van der Waals surface area (Å²) in [6, 6.07) is 0. The molecule has 0 aromatic carbocycles. The van der Waals surface area contributed by atoms with Crippen molar-refractivity contribution in [2.45, 2.75) is 32.8 Å². The van der Waals surface area contributed by atoms with E-state index in [1.807, 2.05) is 0 Å². The van der Waals surface area contributed by atoms with Crippen LogP contribution in [0.2, 0.25) is 0 Å². The van der Waals surface area contributed by atoms with Gasteiger partial charge in [0.2, 0.25) is 0 Å². The Bertz CT molecular complexity index is 247. The molecule has 0 aromatic rings. The predicted octanol–water partition coefficient (Wildman–Crippen LogP) is 1.69. The molecule has 0 amide bonds. The largest absolute Gasteiger partial charge is 0.463 e. The Morgan fingerprint density at radius 2 is 2.38 bits per heavy atom. The molecule has 4 heteroatoms. The quantitative estimate of drug-likeness (QED) is 0.491. The van der Waals surface area contributed by atoms with E-state index >= 15 is 0 Å². The van der Waals surface area contributed by atoms with Crippen LogP contribution in [0.15, 0.2) is 11.6 Å². The zero-order valence-electron chi connectivity index (χ0n) is 10.0. The number of ether oxygens (including phenoxy) is 3. The highest BCUT2D eigenvalue weighted by atomic mass is 16.6. The van der Waals surface area contributed by atoms with Crippen molar-refractivity contribution in [2.24, 2.45) is 0 Å². The van der Waals surface area contributed by atoms with Crippen LogP contribution < -0.4 is 0 Å². The summed E-state index contributed by atoms with van der Waals surface area (Å²) >= 11 is 0. The summed E-state index contributed by atoms with van der Waals surface area (Å²) in [6.07, 6.45) is 3.65. The average molecular weight is 228 g/mol. The fourth-order valence-corrected chi connectivity index (χ4v) is 1.48. The van der Waals surface area contributed by atoms with Gasteiger partial charge >= 0.3 is 5.97 Å². The highest BCUT2D eigenvalue weighted by molar-refractivity contribution is 5.90. The van der Waals surface area contributed by atoms with E-state index in [0.717, 1.165) is 12.8 Å². The maximum atomic E-state index is 11.5. The monoisotopic (exact) mass is 228 g/mol. The van der Waals surface area contributed by atoms with Crippen LogP contribution in [-0.4, -0.2) is 38.5 Å². The van der Waals surface area contributed by atoms with Gasteiger partial charge in [-0.25, -0.2) is 4.79 Å². The summed E-state index contributed by atoms with van der Waals surface area (Å²) in [6.45, 7) is 5.91. The van der Waals surface area contributed by atoms with Crippen molar-refractivity contribution < 1.29 is 19.0 Å². The Kier molecular flexibility index (Phi) is 6.11. The fraction of sp³-hybridized carbons (Fsp3) is 0.750. The van der Waals surface area contributed by atoms with Gasteiger partial charge in [-0.15, -0.1) is 0 Å². The van der Waals surface area contributed by atoms with E-state index in [1.54, 1.807) is 13.0 Å².